The van der Waals surface area contributed by atoms with Crippen molar-refractivity contribution in [1.82, 2.24) is 7.75 Å². The molecule has 0 aromatic carbocycles. The van der Waals surface area contributed by atoms with Gasteiger partial charge in [0, 0.05) is 0 Å². The van der Waals surface area contributed by atoms with Crippen molar-refractivity contribution < 1.29 is 16.6 Å². The van der Waals surface area contributed by atoms with Crippen LogP contribution in [0, 0.1) is 0 Å². The molecule has 0 amide bonds. The van der Waals surface area contributed by atoms with Crippen LogP contribution in [0.2, 0.25) is 8.62 Å². The van der Waals surface area contributed by atoms with Crippen LogP contribution < -0.4 is 7.75 Å². The zero-order chi connectivity index (χ0) is 10.7. The zero-order valence-corrected chi connectivity index (χ0v) is 12.1. The van der Waals surface area contributed by atoms with Crippen LogP contribution in [0.4, 0.5) is 0 Å². The normalized spacial score (nSPS) is 22.0. The molecule has 82 valence electrons. The van der Waals surface area contributed by atoms with E-state index < -0.39 is 16.6 Å². The summed E-state index contributed by atoms with van der Waals surface area (Å²) < 4.78 is 8.49. The van der Waals surface area contributed by atoms with Crippen molar-refractivity contribution in [2.75, 3.05) is 14.1 Å². The topological polar surface area (TPSA) is 24.1 Å². The summed E-state index contributed by atoms with van der Waals surface area (Å²) in [6.45, 7) is 0. The van der Waals surface area contributed by atoms with E-state index in [-0.39, 0.29) is 0 Å². The number of rotatable bonds is 4. The van der Waals surface area contributed by atoms with Gasteiger partial charge in [0.1, 0.15) is 0 Å². The molecule has 0 aliphatic heterocycles. The summed E-state index contributed by atoms with van der Waals surface area (Å²) in [7, 11) is 4.21. The van der Waals surface area contributed by atoms with E-state index in [1.807, 2.05) is 0 Å². The third-order valence-corrected chi connectivity index (χ3v) is 16.2. The Kier molecular flexibility index (Phi) is 3.40. The quantitative estimate of drug-likeness (QED) is 0.789. The third kappa shape index (κ3) is 1.82. The summed E-state index contributed by atoms with van der Waals surface area (Å²) >= 11 is -2.53. The summed E-state index contributed by atoms with van der Waals surface area (Å²) in [6, 6.07) is 0. The van der Waals surface area contributed by atoms with E-state index in [1.165, 1.54) is 0 Å². The number of nitrogens with one attached hydrogen (secondary N) is 2. The molecule has 0 aromatic heterocycles. The van der Waals surface area contributed by atoms with Gasteiger partial charge in [0.25, 0.3) is 0 Å². The fraction of sp³-hybridized carbons (Fsp3) is 0.333. The fourth-order valence-corrected chi connectivity index (χ4v) is 13.0. The molecule has 0 fully saturated rings. The van der Waals surface area contributed by atoms with Crippen LogP contribution in [0.25, 0.3) is 0 Å². The van der Waals surface area contributed by atoms with Crippen LogP contribution in [0.1, 0.15) is 0 Å². The maximum atomic E-state index is 3.64. The molecule has 0 heterocycles. The van der Waals surface area contributed by atoms with Gasteiger partial charge in [-0.1, -0.05) is 0 Å². The van der Waals surface area contributed by atoms with Gasteiger partial charge in [-0.05, 0) is 0 Å². The van der Waals surface area contributed by atoms with Gasteiger partial charge in [0.05, 0.1) is 0 Å². The first kappa shape index (κ1) is 11.1. The monoisotopic (exact) mass is 374 g/mol. The number of allylic oxidation sites excluding steroid dienone is 8. The molecule has 0 radical (unpaired) electrons. The number of hydrogen-bond acceptors (Lipinski definition) is 2. The molecule has 0 aromatic rings. The van der Waals surface area contributed by atoms with Crippen LogP contribution in [-0.2, 0) is 16.6 Å². The van der Waals surface area contributed by atoms with Crippen LogP contribution in [-0.4, -0.2) is 14.1 Å². The minimum absolute atomic E-state index is 0.602. The van der Waals surface area contributed by atoms with Crippen LogP contribution in [0.15, 0.2) is 48.6 Å². The van der Waals surface area contributed by atoms with Gasteiger partial charge < -0.3 is 0 Å². The van der Waals surface area contributed by atoms with Crippen molar-refractivity contribution in [3.05, 3.63) is 48.6 Å². The molecule has 2 N–H and O–H groups in total. The number of hydrogen-bond donors (Lipinski definition) is 2. The van der Waals surface area contributed by atoms with Crippen LogP contribution in [0.5, 0.6) is 0 Å². The van der Waals surface area contributed by atoms with Gasteiger partial charge in [-0.3, -0.25) is 0 Å². The van der Waals surface area contributed by atoms with Crippen LogP contribution >= 0.6 is 0 Å². The second-order valence-corrected chi connectivity index (χ2v) is 15.5. The van der Waals surface area contributed by atoms with E-state index in [2.05, 4.69) is 70.5 Å². The minimum atomic E-state index is -2.53. The van der Waals surface area contributed by atoms with Crippen molar-refractivity contribution in [1.29, 1.82) is 0 Å². The zero-order valence-electron chi connectivity index (χ0n) is 9.18. The molecular formula is C12H18N2W. The molecule has 0 saturated carbocycles. The summed E-state index contributed by atoms with van der Waals surface area (Å²) in [6.07, 6.45) is 17.9. The first-order valence-corrected chi connectivity index (χ1v) is 11.5. The summed E-state index contributed by atoms with van der Waals surface area (Å²) in [4.78, 5) is 0. The van der Waals surface area contributed by atoms with Gasteiger partial charge in [-0.25, -0.2) is 0 Å². The maximum absolute atomic E-state index is 3.64. The predicted octanol–water partition coefficient (Wildman–Crippen LogP) is 2.24. The van der Waals surface area contributed by atoms with Crippen molar-refractivity contribution in [3.63, 3.8) is 0 Å². The summed E-state index contributed by atoms with van der Waals surface area (Å²) in [5, 5.41) is 0. The first-order valence-electron chi connectivity index (χ1n) is 5.21. The Hall–Kier alpha value is -0.432. The van der Waals surface area contributed by atoms with Crippen molar-refractivity contribution in [3.8, 4) is 0 Å². The van der Waals surface area contributed by atoms with E-state index in [0.717, 1.165) is 0 Å². The summed E-state index contributed by atoms with van der Waals surface area (Å²) in [5.41, 5.74) is 0. The average Bonchev–Trinajstić information content (AvgIpc) is 2.92. The van der Waals surface area contributed by atoms with E-state index >= 15 is 0 Å². The Morgan fingerprint density at radius 3 is 1.33 bits per heavy atom. The molecule has 0 spiro atoms. The van der Waals surface area contributed by atoms with Gasteiger partial charge in [-0.2, -0.15) is 0 Å². The fourth-order valence-electron chi connectivity index (χ4n) is 2.15. The molecule has 3 heteroatoms. The van der Waals surface area contributed by atoms with Crippen molar-refractivity contribution in [2.24, 2.45) is 0 Å². The van der Waals surface area contributed by atoms with E-state index in [0.29, 0.717) is 8.62 Å². The summed E-state index contributed by atoms with van der Waals surface area (Å²) in [5.74, 6) is 0. The molecular weight excluding hydrogens is 356 g/mol. The molecule has 0 bridgehead atoms. The molecule has 0 atom stereocenters. The Labute approximate surface area is 95.6 Å². The average molecular weight is 374 g/mol. The van der Waals surface area contributed by atoms with E-state index in [4.69, 9.17) is 0 Å². The Balaban J connectivity index is 2.29. The van der Waals surface area contributed by atoms with Gasteiger partial charge in [0.2, 0.25) is 0 Å². The molecule has 0 saturated heterocycles. The first-order chi connectivity index (χ1) is 7.33. The molecule has 0 unspecified atom stereocenters. The molecule has 2 aliphatic carbocycles. The van der Waals surface area contributed by atoms with E-state index in [1.54, 1.807) is 0 Å². The van der Waals surface area contributed by atoms with Crippen LogP contribution in [0.3, 0.4) is 0 Å². The molecule has 2 rings (SSSR count). The molecule has 2 aliphatic rings. The SMILES string of the molecule is C[NH][W]([NH]C)([CH]1C=CC=C1)[CH]1C=CC=C1. The van der Waals surface area contributed by atoms with E-state index in [9.17, 15) is 0 Å². The molecule has 15 heavy (non-hydrogen) atoms. The predicted molar refractivity (Wildman–Crippen MR) is 62.2 cm³/mol. The Bertz CT molecular complexity index is 284. The Morgan fingerprint density at radius 2 is 1.07 bits per heavy atom. The van der Waals surface area contributed by atoms with Gasteiger partial charge in [0.15, 0.2) is 0 Å². The third-order valence-electron chi connectivity index (χ3n) is 2.96. The second kappa shape index (κ2) is 4.61. The Morgan fingerprint density at radius 1 is 0.733 bits per heavy atom. The van der Waals surface area contributed by atoms with Gasteiger partial charge >= 0.3 is 95.6 Å². The van der Waals surface area contributed by atoms with Crippen molar-refractivity contribution in [2.45, 2.75) is 8.62 Å². The van der Waals surface area contributed by atoms with Crippen molar-refractivity contribution >= 4 is 0 Å². The second-order valence-electron chi connectivity index (χ2n) is 3.59. The standard InChI is InChI=1S/2C5H5.2CH4N.W/c2*1-2-4-5-3-1;2*1-2;/h2*1-5H;2*2H,1H3;/q;;2*-1;+2. The van der Waals surface area contributed by atoms with Gasteiger partial charge in [-0.15, -0.1) is 0 Å². The molecule has 2 nitrogen and oxygen atoms in total.